The molecule has 2 aromatic heterocycles. The summed E-state index contributed by atoms with van der Waals surface area (Å²) >= 11 is 0. The van der Waals surface area contributed by atoms with E-state index in [4.69, 9.17) is 0 Å². The average Bonchev–Trinajstić information content (AvgIpc) is 2.72. The van der Waals surface area contributed by atoms with Gasteiger partial charge in [0.05, 0.1) is 22.9 Å². The molecule has 17 heavy (non-hydrogen) atoms. The Morgan fingerprint density at radius 1 is 1.59 bits per heavy atom. The van der Waals surface area contributed by atoms with Crippen LogP contribution in [0.5, 0.6) is 0 Å². The van der Waals surface area contributed by atoms with Crippen molar-refractivity contribution in [1.29, 1.82) is 0 Å². The predicted octanol–water partition coefficient (Wildman–Crippen LogP) is 1.41. The fourth-order valence-electron chi connectivity index (χ4n) is 1.40. The maximum Gasteiger partial charge on any atom is 0.296 e. The molecule has 0 aliphatic carbocycles. The van der Waals surface area contributed by atoms with Gasteiger partial charge in [-0.25, -0.2) is 4.98 Å². The second kappa shape index (κ2) is 4.45. The van der Waals surface area contributed by atoms with Gasteiger partial charge in [-0.2, -0.15) is 0 Å². The zero-order valence-corrected chi connectivity index (χ0v) is 8.64. The van der Waals surface area contributed by atoms with Gasteiger partial charge in [-0.1, -0.05) is 11.8 Å². The minimum atomic E-state index is -0.483. The van der Waals surface area contributed by atoms with Crippen LogP contribution in [0, 0.1) is 22.0 Å². The van der Waals surface area contributed by atoms with E-state index in [9.17, 15) is 14.9 Å². The summed E-state index contributed by atoms with van der Waals surface area (Å²) in [5.41, 5.74) is 0.950. The number of rotatable bonds is 2. The topological polar surface area (TPSA) is 88.9 Å². The second-order valence-corrected chi connectivity index (χ2v) is 3.22. The number of fused-ring (bicyclic) bond motifs is 1. The van der Waals surface area contributed by atoms with Crippen LogP contribution in [0.1, 0.15) is 12.0 Å². The van der Waals surface area contributed by atoms with Gasteiger partial charge in [-0.05, 0) is 6.07 Å². The molecule has 1 N–H and O–H groups in total. The molecular weight excluding hydrogens is 222 g/mol. The van der Waals surface area contributed by atoms with Crippen LogP contribution in [0.4, 0.5) is 5.69 Å². The fourth-order valence-corrected chi connectivity index (χ4v) is 1.40. The number of H-pyrrole nitrogens is 1. The van der Waals surface area contributed by atoms with Crippen LogP contribution in [-0.4, -0.2) is 21.2 Å². The molecule has 0 radical (unpaired) electrons. The lowest BCUT2D eigenvalue weighted by Gasteiger charge is -1.91. The molecule has 2 heterocycles. The summed E-state index contributed by atoms with van der Waals surface area (Å²) in [6.45, 7) is 0. The molecule has 0 saturated carbocycles. The van der Waals surface area contributed by atoms with Gasteiger partial charge in [0.25, 0.3) is 5.69 Å². The number of carbonyl (C=O) groups excluding carboxylic acids is 1. The van der Waals surface area contributed by atoms with Crippen molar-refractivity contribution in [3.8, 4) is 11.8 Å². The number of aldehydes is 1. The van der Waals surface area contributed by atoms with E-state index in [0.717, 1.165) is 0 Å². The maximum atomic E-state index is 10.7. The second-order valence-electron chi connectivity index (χ2n) is 3.22. The smallest absolute Gasteiger partial charge is 0.296 e. The highest BCUT2D eigenvalue weighted by Gasteiger charge is 2.14. The number of aromatic nitrogens is 2. The number of nitro groups is 1. The van der Waals surface area contributed by atoms with Crippen LogP contribution in [-0.2, 0) is 4.79 Å². The first-order chi connectivity index (χ1) is 8.22. The third-order valence-electron chi connectivity index (χ3n) is 2.12. The summed E-state index contributed by atoms with van der Waals surface area (Å²) in [4.78, 5) is 27.1. The first-order valence-corrected chi connectivity index (χ1v) is 4.76. The molecule has 0 atom stereocenters. The summed E-state index contributed by atoms with van der Waals surface area (Å²) < 4.78 is 0. The summed E-state index contributed by atoms with van der Waals surface area (Å²) in [7, 11) is 0. The normalized spacial score (nSPS) is 9.65. The van der Waals surface area contributed by atoms with E-state index >= 15 is 0 Å². The molecule has 0 fully saturated rings. The number of nitrogens with zero attached hydrogens (tertiary/aromatic N) is 2. The Morgan fingerprint density at radius 2 is 2.41 bits per heavy atom. The Morgan fingerprint density at radius 3 is 3.12 bits per heavy atom. The average molecular weight is 229 g/mol. The third-order valence-corrected chi connectivity index (χ3v) is 2.12. The van der Waals surface area contributed by atoms with Gasteiger partial charge in [-0.15, -0.1) is 0 Å². The van der Waals surface area contributed by atoms with Crippen molar-refractivity contribution >= 4 is 23.0 Å². The van der Waals surface area contributed by atoms with Crippen LogP contribution in [0.15, 0.2) is 18.5 Å². The molecule has 2 aromatic rings. The van der Waals surface area contributed by atoms with Gasteiger partial charge >= 0.3 is 0 Å². The molecule has 0 aliphatic heterocycles. The lowest BCUT2D eigenvalue weighted by atomic mass is 10.2. The Hall–Kier alpha value is -2.68. The minimum absolute atomic E-state index is 0.0356. The number of pyridine rings is 1. The monoisotopic (exact) mass is 229 g/mol. The highest BCUT2D eigenvalue weighted by molar-refractivity contribution is 5.86. The van der Waals surface area contributed by atoms with Gasteiger partial charge in [0.2, 0.25) is 0 Å². The van der Waals surface area contributed by atoms with E-state index in [1.165, 1.54) is 12.4 Å². The molecule has 6 nitrogen and oxygen atoms in total. The van der Waals surface area contributed by atoms with Gasteiger partial charge in [0.1, 0.15) is 11.9 Å². The van der Waals surface area contributed by atoms with Crippen molar-refractivity contribution in [2.24, 2.45) is 0 Å². The van der Waals surface area contributed by atoms with E-state index in [1.54, 1.807) is 6.07 Å². The Kier molecular flexibility index (Phi) is 2.83. The molecule has 0 aromatic carbocycles. The summed E-state index contributed by atoms with van der Waals surface area (Å²) in [5.74, 6) is 5.33. The number of aromatic amines is 1. The van der Waals surface area contributed by atoms with Crippen LogP contribution in [0.3, 0.4) is 0 Å². The number of nitrogens with one attached hydrogen (secondary N) is 1. The van der Waals surface area contributed by atoms with Gasteiger partial charge in [-0.3, -0.25) is 10.1 Å². The minimum Gasteiger partial charge on any atom is -0.340 e. The lowest BCUT2D eigenvalue weighted by molar-refractivity contribution is -0.383. The van der Waals surface area contributed by atoms with Gasteiger partial charge in [0.15, 0.2) is 0 Å². The molecule has 0 bridgehead atoms. The maximum absolute atomic E-state index is 10.7. The molecule has 0 saturated heterocycles. The van der Waals surface area contributed by atoms with Crippen molar-refractivity contribution in [1.82, 2.24) is 9.97 Å². The largest absolute Gasteiger partial charge is 0.340 e. The van der Waals surface area contributed by atoms with E-state index in [1.807, 2.05) is 0 Å². The number of carbonyl (C=O) groups is 1. The van der Waals surface area contributed by atoms with Crippen molar-refractivity contribution in [3.05, 3.63) is 34.1 Å². The highest BCUT2D eigenvalue weighted by atomic mass is 16.6. The molecule has 0 spiro atoms. The summed E-state index contributed by atoms with van der Waals surface area (Å²) in [6, 6.07) is 1.58. The molecule has 84 valence electrons. The van der Waals surface area contributed by atoms with Crippen LogP contribution in [0.2, 0.25) is 0 Å². The zero-order valence-electron chi connectivity index (χ0n) is 8.64. The standard InChI is InChI=1S/C11H7N3O3/c15-4-2-1-3-8-5-9-10(14(16)17)7-13-11(9)12-6-8/h4-7H,2H2,(H,12,13). The van der Waals surface area contributed by atoms with Crippen molar-refractivity contribution < 1.29 is 9.72 Å². The Bertz CT molecular complexity index is 649. The SMILES string of the molecule is O=CCC#Cc1cnc2[nH]cc([N+](=O)[O-])c2c1. The lowest BCUT2D eigenvalue weighted by Crippen LogP contribution is -1.86. The molecule has 6 heteroatoms. The quantitative estimate of drug-likeness (QED) is 0.365. The van der Waals surface area contributed by atoms with E-state index in [-0.39, 0.29) is 12.1 Å². The van der Waals surface area contributed by atoms with Gasteiger partial charge < -0.3 is 9.78 Å². The van der Waals surface area contributed by atoms with Crippen LogP contribution in [0.25, 0.3) is 11.0 Å². The number of hydrogen-bond donors (Lipinski definition) is 1. The summed E-state index contributed by atoms with van der Waals surface area (Å²) in [5, 5.41) is 11.1. The first kappa shape index (κ1) is 10.8. The highest BCUT2D eigenvalue weighted by Crippen LogP contribution is 2.23. The van der Waals surface area contributed by atoms with E-state index in [2.05, 4.69) is 21.8 Å². The molecular formula is C11H7N3O3. The van der Waals surface area contributed by atoms with Crippen molar-refractivity contribution in [2.45, 2.75) is 6.42 Å². The van der Waals surface area contributed by atoms with E-state index < -0.39 is 4.92 Å². The molecule has 2 rings (SSSR count). The fraction of sp³-hybridized carbons (Fsp3) is 0.0909. The Labute approximate surface area is 95.8 Å². The van der Waals surface area contributed by atoms with Crippen LogP contribution < -0.4 is 0 Å². The zero-order chi connectivity index (χ0) is 12.3. The summed E-state index contributed by atoms with van der Waals surface area (Å²) in [6.07, 6.45) is 3.62. The predicted molar refractivity (Wildman–Crippen MR) is 60.3 cm³/mol. The third kappa shape index (κ3) is 2.13. The van der Waals surface area contributed by atoms with Crippen molar-refractivity contribution in [2.75, 3.05) is 0 Å². The van der Waals surface area contributed by atoms with Crippen LogP contribution >= 0.6 is 0 Å². The first-order valence-electron chi connectivity index (χ1n) is 4.76. The molecule has 0 unspecified atom stereocenters. The van der Waals surface area contributed by atoms with Crippen molar-refractivity contribution in [3.63, 3.8) is 0 Å². The van der Waals surface area contributed by atoms with Gasteiger partial charge in [0, 0.05) is 11.8 Å². The number of hydrogen-bond acceptors (Lipinski definition) is 4. The van der Waals surface area contributed by atoms with E-state index in [0.29, 0.717) is 22.9 Å². The Balaban J connectivity index is 2.49. The molecule has 0 amide bonds. The molecule has 0 aliphatic rings.